The zero-order chi connectivity index (χ0) is 45.8. The molecule has 3 N–H and O–H groups in total. The zero-order valence-corrected chi connectivity index (χ0v) is 40.8. The van der Waals surface area contributed by atoms with E-state index in [1.54, 1.807) is 0 Å². The number of carbonyl (C=O) groups is 4. The van der Waals surface area contributed by atoms with Gasteiger partial charge in [-0.15, -0.1) is 0 Å². The number of fused-ring (bicyclic) bond motifs is 3. The van der Waals surface area contributed by atoms with Gasteiger partial charge in [0.1, 0.15) is 40.1 Å². The van der Waals surface area contributed by atoms with Gasteiger partial charge in [0.15, 0.2) is 0 Å². The number of pyridine rings is 1. The van der Waals surface area contributed by atoms with Gasteiger partial charge in [-0.3, -0.25) is 9.59 Å². The molecule has 17 heteroatoms. The third-order valence-corrected chi connectivity index (χ3v) is 15.1. The van der Waals surface area contributed by atoms with Crippen molar-refractivity contribution in [1.82, 2.24) is 20.5 Å². The highest BCUT2D eigenvalue weighted by Gasteiger charge is 2.62. The number of amides is 3. The molecule has 2 aromatic rings. The number of carbonyl (C=O) groups excluding carboxylic acids is 3. The zero-order valence-electron chi connectivity index (χ0n) is 37.6. The van der Waals surface area contributed by atoms with Crippen LogP contribution in [-0.4, -0.2) is 106 Å². The molecule has 348 valence electrons. The Morgan fingerprint density at radius 3 is 2.59 bits per heavy atom. The first-order valence-electron chi connectivity index (χ1n) is 23.0. The van der Waals surface area contributed by atoms with Gasteiger partial charge in [0.2, 0.25) is 17.7 Å². The number of hydrogen-bond acceptors (Lipinski definition) is 10. The Hall–Kier alpha value is -3.67. The number of hydrogen-bond donors (Lipinski definition) is 3. The molecule has 3 amide bonds. The van der Waals surface area contributed by atoms with E-state index in [1.807, 2.05) is 77.0 Å². The number of allylic oxidation sites excluding steroid dienone is 2. The van der Waals surface area contributed by atoms with E-state index in [0.717, 1.165) is 62.1 Å². The van der Waals surface area contributed by atoms with Crippen LogP contribution >= 0.6 is 31.9 Å². The first-order valence-corrected chi connectivity index (χ1v) is 25.0. The molecule has 64 heavy (non-hydrogen) atoms. The van der Waals surface area contributed by atoms with E-state index >= 15 is 0 Å². The summed E-state index contributed by atoms with van der Waals surface area (Å²) < 4.78 is 31.4. The number of nitrogens with one attached hydrogen (secondary N) is 2. The third-order valence-electron chi connectivity index (χ3n) is 13.9. The predicted octanol–water partition coefficient (Wildman–Crippen LogP) is 8.47. The van der Waals surface area contributed by atoms with E-state index < -0.39 is 53.5 Å². The lowest BCUT2D eigenvalue weighted by Crippen LogP contribution is -2.57. The molecular weight excluding hydrogens is 951 g/mol. The van der Waals surface area contributed by atoms with Crippen molar-refractivity contribution in [2.45, 2.75) is 153 Å². The lowest BCUT2D eigenvalue weighted by molar-refractivity contribution is -0.146. The molecule has 4 fully saturated rings. The van der Waals surface area contributed by atoms with Gasteiger partial charge in [0.25, 0.3) is 0 Å². The highest BCUT2D eigenvalue weighted by molar-refractivity contribution is 9.10. The van der Waals surface area contributed by atoms with Gasteiger partial charge in [0.05, 0.1) is 29.9 Å². The average Bonchev–Trinajstić information content (AvgIpc) is 4.10. The molecule has 1 aromatic carbocycles. The second-order valence-electron chi connectivity index (χ2n) is 18.9. The van der Waals surface area contributed by atoms with Crippen molar-refractivity contribution >= 4 is 73.8 Å². The fraction of sp³-hybridized carbons (Fsp3) is 0.638. The van der Waals surface area contributed by atoms with E-state index in [0.29, 0.717) is 41.6 Å². The largest absolute Gasteiger partial charge is 0.491 e. The Bertz CT molecular complexity index is 2090. The van der Waals surface area contributed by atoms with Gasteiger partial charge >= 0.3 is 19.2 Å². The fourth-order valence-corrected chi connectivity index (χ4v) is 9.94. The smallest absolute Gasteiger partial charge is 0.486 e. The minimum Gasteiger partial charge on any atom is -0.491 e. The Morgan fingerprint density at radius 2 is 1.86 bits per heavy atom. The number of alkyl halides is 1. The van der Waals surface area contributed by atoms with E-state index in [2.05, 4.69) is 48.6 Å². The van der Waals surface area contributed by atoms with Crippen molar-refractivity contribution in [3.05, 3.63) is 52.9 Å². The molecule has 0 radical (unpaired) electrons. The number of ether oxygens (including phenoxy) is 3. The van der Waals surface area contributed by atoms with Crippen molar-refractivity contribution < 1.29 is 47.8 Å². The van der Waals surface area contributed by atoms with Gasteiger partial charge in [-0.05, 0) is 126 Å². The molecule has 8 atom stereocenters. The number of halogens is 2. The van der Waals surface area contributed by atoms with Crippen LogP contribution in [0.1, 0.15) is 112 Å². The van der Waals surface area contributed by atoms with Crippen molar-refractivity contribution in [1.29, 1.82) is 0 Å². The number of benzene rings is 1. The van der Waals surface area contributed by atoms with Crippen LogP contribution in [0.5, 0.6) is 11.6 Å². The summed E-state index contributed by atoms with van der Waals surface area (Å²) in [7, 11) is -0.381. The summed E-state index contributed by atoms with van der Waals surface area (Å²) in [6.45, 7) is 10.5. The van der Waals surface area contributed by atoms with Gasteiger partial charge in [-0.25, -0.2) is 14.6 Å². The molecule has 4 heterocycles. The Balaban J connectivity index is 1.07. The Kier molecular flexibility index (Phi) is 15.4. The van der Waals surface area contributed by atoms with Gasteiger partial charge in [-0.1, -0.05) is 72.0 Å². The van der Waals surface area contributed by atoms with E-state index in [1.165, 1.54) is 4.90 Å². The van der Waals surface area contributed by atoms with E-state index in [9.17, 15) is 24.3 Å². The first-order chi connectivity index (χ1) is 30.6. The maximum Gasteiger partial charge on any atom is 0.486 e. The monoisotopic (exact) mass is 1010 g/mol. The number of unbranched alkanes of at least 4 members (excludes halogenated alkanes) is 1. The van der Waals surface area contributed by atoms with Crippen LogP contribution in [0.25, 0.3) is 10.9 Å². The number of rotatable bonds is 15. The van der Waals surface area contributed by atoms with Crippen molar-refractivity contribution in [3.8, 4) is 11.6 Å². The van der Waals surface area contributed by atoms with Crippen molar-refractivity contribution in [2.24, 2.45) is 17.8 Å². The predicted molar refractivity (Wildman–Crippen MR) is 250 cm³/mol. The van der Waals surface area contributed by atoms with Crippen LogP contribution in [0.3, 0.4) is 0 Å². The highest BCUT2D eigenvalue weighted by atomic mass is 79.9. The summed E-state index contributed by atoms with van der Waals surface area (Å²) in [4.78, 5) is 62.1. The Labute approximate surface area is 393 Å². The number of para-hydroxylation sites is 1. The number of alkyl carbamates (subject to hydrolysis) is 1. The number of carboxylic acid groups (broad SMARTS) is 1. The van der Waals surface area contributed by atoms with Crippen molar-refractivity contribution in [2.75, 3.05) is 18.5 Å². The van der Waals surface area contributed by atoms with Crippen LogP contribution in [0, 0.1) is 17.8 Å². The average molecular weight is 1010 g/mol. The lowest BCUT2D eigenvalue weighted by atomic mass is 9.89. The number of aromatic nitrogens is 1. The van der Waals surface area contributed by atoms with Crippen molar-refractivity contribution in [3.63, 3.8) is 0 Å². The molecular formula is C47H63BBr2N4O10. The minimum absolute atomic E-state index is 0.000441. The van der Waals surface area contributed by atoms with Crippen LogP contribution < -0.4 is 20.1 Å². The summed E-state index contributed by atoms with van der Waals surface area (Å²) in [5, 5.41) is 17.7. The number of nitrogens with zero attached hydrogens (tertiary/aromatic N) is 2. The summed E-state index contributed by atoms with van der Waals surface area (Å²) in [6.07, 6.45) is 12.5. The first kappa shape index (κ1) is 48.3. The molecule has 3 aliphatic heterocycles. The molecule has 14 nitrogen and oxygen atoms in total. The SMILES string of the molecule is CCC1[C@@H](Oc2nc3ccccc3c(OCCCBr)c2Br)CN2C(=O)[C@@H](NC(=O)O[C@@H]3C[C@H]3CCCC=CB3OC(C)(C)C(C)(C)O3)CCCCCC=C[C@@H]3C[C@@]3(C(=O)O)NC(=O)[C@H]12. The minimum atomic E-state index is -1.48. The molecule has 7 rings (SSSR count). The normalized spacial score (nSPS) is 30.0. The molecule has 0 bridgehead atoms. The van der Waals surface area contributed by atoms with Crippen LogP contribution in [0.2, 0.25) is 0 Å². The standard InChI is InChI=1S/C47H63BBr2N4O10/c1-6-31-36(61-41-37(50)39(60-25-17-24-49)32-20-14-15-21-33(32)51-41)28-54-38(31)40(55)53-47(43(57)58)27-30(47)19-12-8-7-9-13-22-34(42(54)56)52-44(59)62-35-26-29(35)18-11-10-16-23-48-63-45(2,3)46(4,5)64-48/h12,14-16,19-21,23,29-31,34-36,38H,6-11,13,17-18,22,24-28H2,1-5H3,(H,52,59)(H,53,55)(H,57,58)/t29-,30-,31?,34+,35-,36+,38+,47-/m1/s1. The van der Waals surface area contributed by atoms with E-state index in [-0.39, 0.29) is 55.1 Å². The van der Waals surface area contributed by atoms with Gasteiger partial charge in [0, 0.05) is 22.6 Å². The Morgan fingerprint density at radius 1 is 1.09 bits per heavy atom. The highest BCUT2D eigenvalue weighted by Crippen LogP contribution is 2.47. The summed E-state index contributed by atoms with van der Waals surface area (Å²) >= 11 is 7.17. The summed E-state index contributed by atoms with van der Waals surface area (Å²) in [6, 6.07) is 5.50. The fourth-order valence-electron chi connectivity index (χ4n) is 9.20. The lowest BCUT2D eigenvalue weighted by Gasteiger charge is -2.32. The topological polar surface area (TPSA) is 175 Å². The third kappa shape index (κ3) is 10.8. The number of aliphatic carboxylic acids is 1. The van der Waals surface area contributed by atoms with Crippen LogP contribution in [-0.2, 0) is 28.4 Å². The summed E-state index contributed by atoms with van der Waals surface area (Å²) in [5.74, 6) is -0.0481. The van der Waals surface area contributed by atoms with Crippen LogP contribution in [0.4, 0.5) is 4.79 Å². The molecule has 2 saturated heterocycles. The molecule has 2 saturated carbocycles. The quantitative estimate of drug-likeness (QED) is 0.0676. The van der Waals surface area contributed by atoms with Gasteiger partial charge < -0.3 is 44.2 Å². The molecule has 2 aliphatic carbocycles. The van der Waals surface area contributed by atoms with E-state index in [4.69, 9.17) is 28.5 Å². The molecule has 0 spiro atoms. The second-order valence-corrected chi connectivity index (χ2v) is 20.5. The van der Waals surface area contributed by atoms with Gasteiger partial charge in [-0.2, -0.15) is 0 Å². The molecule has 5 aliphatic rings. The summed E-state index contributed by atoms with van der Waals surface area (Å²) in [5.41, 5.74) is -1.60. The maximum atomic E-state index is 14.9. The second kappa shape index (κ2) is 20.5. The maximum absolute atomic E-state index is 14.9. The van der Waals surface area contributed by atoms with Crippen LogP contribution in [0.15, 0.2) is 52.9 Å². The molecule has 1 unspecified atom stereocenters. The number of carboxylic acids is 1. The molecule has 1 aromatic heterocycles.